The molecule has 0 fully saturated rings. The van der Waals surface area contributed by atoms with Gasteiger partial charge in [-0.2, -0.15) is 0 Å². The van der Waals surface area contributed by atoms with Gasteiger partial charge in [-0.15, -0.1) is 0 Å². The minimum atomic E-state index is -0.553. The normalized spacial score (nSPS) is 12.2. The first-order chi connectivity index (χ1) is 11.1. The Morgan fingerprint density at radius 2 is 1.92 bits per heavy atom. The zero-order valence-corrected chi connectivity index (χ0v) is 15.4. The number of ether oxygens (including phenoxy) is 2. The van der Waals surface area contributed by atoms with Crippen molar-refractivity contribution in [2.45, 2.75) is 52.7 Å². The molecule has 0 heterocycles. The maximum Gasteiger partial charge on any atom is 0.407 e. The van der Waals surface area contributed by atoms with Crippen LogP contribution < -0.4 is 15.4 Å². The van der Waals surface area contributed by atoms with Crippen LogP contribution in [0.25, 0.3) is 0 Å². The summed E-state index contributed by atoms with van der Waals surface area (Å²) in [5.74, 6) is 0.586. The lowest BCUT2D eigenvalue weighted by Gasteiger charge is -2.20. The fourth-order valence-electron chi connectivity index (χ4n) is 2.18. The minimum Gasteiger partial charge on any atom is -0.496 e. The van der Waals surface area contributed by atoms with E-state index in [0.29, 0.717) is 0 Å². The van der Waals surface area contributed by atoms with Crippen LogP contribution in [0.2, 0.25) is 0 Å². The van der Waals surface area contributed by atoms with Gasteiger partial charge in [-0.3, -0.25) is 4.79 Å². The van der Waals surface area contributed by atoms with E-state index in [2.05, 4.69) is 10.6 Å². The van der Waals surface area contributed by atoms with Crippen LogP contribution in [0.15, 0.2) is 18.2 Å². The molecule has 0 saturated heterocycles. The summed E-state index contributed by atoms with van der Waals surface area (Å²) in [5, 5.41) is 5.48. The Morgan fingerprint density at radius 1 is 1.25 bits per heavy atom. The molecule has 1 aromatic carbocycles. The van der Waals surface area contributed by atoms with Crippen molar-refractivity contribution in [2.24, 2.45) is 0 Å². The van der Waals surface area contributed by atoms with E-state index in [1.807, 2.05) is 32.0 Å². The van der Waals surface area contributed by atoms with Gasteiger partial charge < -0.3 is 20.1 Å². The van der Waals surface area contributed by atoms with E-state index in [-0.39, 0.29) is 24.9 Å². The lowest BCUT2D eigenvalue weighted by molar-refractivity contribution is -0.121. The lowest BCUT2D eigenvalue weighted by atomic mass is 10.0. The fraction of sp³-hybridized carbons (Fsp3) is 0.556. The average molecular weight is 336 g/mol. The molecule has 2 amide bonds. The van der Waals surface area contributed by atoms with Crippen LogP contribution in [-0.4, -0.2) is 31.3 Å². The number of benzene rings is 1. The van der Waals surface area contributed by atoms with Crippen molar-refractivity contribution >= 4 is 12.0 Å². The minimum absolute atomic E-state index is 0.151. The monoisotopic (exact) mass is 336 g/mol. The molecule has 6 nitrogen and oxygen atoms in total. The van der Waals surface area contributed by atoms with Crippen LogP contribution in [0.3, 0.4) is 0 Å². The third-order valence-electron chi connectivity index (χ3n) is 3.25. The quantitative estimate of drug-likeness (QED) is 0.837. The van der Waals surface area contributed by atoms with Gasteiger partial charge in [0.15, 0.2) is 0 Å². The molecular weight excluding hydrogens is 308 g/mol. The molecule has 0 aliphatic carbocycles. The standard InChI is InChI=1S/C18H28N2O4/c1-12-7-8-15(23-6)14(11-12)13(2)20-16(21)9-10-19-17(22)24-18(3,4)5/h7-8,11,13H,9-10H2,1-6H3,(H,19,22)(H,20,21)/t13-/m1/s1. The highest BCUT2D eigenvalue weighted by Gasteiger charge is 2.17. The van der Waals surface area contributed by atoms with Crippen molar-refractivity contribution in [1.82, 2.24) is 10.6 Å². The van der Waals surface area contributed by atoms with Crippen LogP contribution in [0.5, 0.6) is 5.75 Å². The summed E-state index contributed by atoms with van der Waals surface area (Å²) in [4.78, 5) is 23.6. The molecule has 134 valence electrons. The van der Waals surface area contributed by atoms with Gasteiger partial charge in [0.2, 0.25) is 5.91 Å². The highest BCUT2D eigenvalue weighted by atomic mass is 16.6. The average Bonchev–Trinajstić information content (AvgIpc) is 2.45. The van der Waals surface area contributed by atoms with Gasteiger partial charge in [0.05, 0.1) is 13.2 Å². The van der Waals surface area contributed by atoms with Gasteiger partial charge in [-0.1, -0.05) is 17.7 Å². The van der Waals surface area contributed by atoms with Crippen molar-refractivity contribution in [3.8, 4) is 5.75 Å². The summed E-state index contributed by atoms with van der Waals surface area (Å²) in [5.41, 5.74) is 1.47. The first-order valence-electron chi connectivity index (χ1n) is 8.03. The predicted octanol–water partition coefficient (Wildman–Crippen LogP) is 3.10. The molecule has 0 saturated carbocycles. The Hall–Kier alpha value is -2.24. The molecule has 24 heavy (non-hydrogen) atoms. The van der Waals surface area contributed by atoms with Gasteiger partial charge in [0, 0.05) is 18.5 Å². The van der Waals surface area contributed by atoms with Gasteiger partial charge in [0.1, 0.15) is 11.4 Å². The summed E-state index contributed by atoms with van der Waals surface area (Å²) in [6.07, 6.45) is -0.346. The van der Waals surface area contributed by atoms with Crippen molar-refractivity contribution in [3.05, 3.63) is 29.3 Å². The number of alkyl carbamates (subject to hydrolysis) is 1. The van der Waals surface area contributed by atoms with Crippen molar-refractivity contribution < 1.29 is 19.1 Å². The first-order valence-corrected chi connectivity index (χ1v) is 8.03. The number of carbonyl (C=O) groups excluding carboxylic acids is 2. The zero-order valence-electron chi connectivity index (χ0n) is 15.4. The number of nitrogens with one attached hydrogen (secondary N) is 2. The third kappa shape index (κ3) is 6.89. The third-order valence-corrected chi connectivity index (χ3v) is 3.25. The van der Waals surface area contributed by atoms with Crippen LogP contribution >= 0.6 is 0 Å². The Labute approximate surface area is 143 Å². The Balaban J connectivity index is 2.48. The summed E-state index contributed by atoms with van der Waals surface area (Å²) < 4.78 is 10.5. The summed E-state index contributed by atoms with van der Waals surface area (Å²) in [6.45, 7) is 9.47. The van der Waals surface area contributed by atoms with Crippen LogP contribution in [-0.2, 0) is 9.53 Å². The van der Waals surface area contributed by atoms with Crippen molar-refractivity contribution in [3.63, 3.8) is 0 Å². The van der Waals surface area contributed by atoms with Gasteiger partial charge in [-0.05, 0) is 40.7 Å². The van der Waals surface area contributed by atoms with E-state index in [0.717, 1.165) is 16.9 Å². The lowest BCUT2D eigenvalue weighted by Crippen LogP contribution is -2.35. The summed E-state index contributed by atoms with van der Waals surface area (Å²) in [6, 6.07) is 5.65. The number of hydrogen-bond acceptors (Lipinski definition) is 4. The topological polar surface area (TPSA) is 76.7 Å². The predicted molar refractivity (Wildman–Crippen MR) is 93.1 cm³/mol. The number of aryl methyl sites for hydroxylation is 1. The molecular formula is C18H28N2O4. The summed E-state index contributed by atoms with van der Waals surface area (Å²) >= 11 is 0. The number of rotatable bonds is 6. The van der Waals surface area contributed by atoms with Gasteiger partial charge in [0.25, 0.3) is 0 Å². The smallest absolute Gasteiger partial charge is 0.407 e. The SMILES string of the molecule is COc1ccc(C)cc1[C@@H](C)NC(=O)CCNC(=O)OC(C)(C)C. The van der Waals surface area contributed by atoms with E-state index < -0.39 is 11.7 Å². The number of carbonyl (C=O) groups is 2. The van der Waals surface area contributed by atoms with E-state index in [1.165, 1.54) is 0 Å². The molecule has 0 bridgehead atoms. The van der Waals surface area contributed by atoms with E-state index in [9.17, 15) is 9.59 Å². The van der Waals surface area contributed by atoms with Crippen LogP contribution in [0.4, 0.5) is 4.79 Å². The molecule has 1 aromatic rings. The largest absolute Gasteiger partial charge is 0.496 e. The Bertz CT molecular complexity index is 579. The van der Waals surface area contributed by atoms with E-state index in [4.69, 9.17) is 9.47 Å². The van der Waals surface area contributed by atoms with Crippen molar-refractivity contribution in [2.75, 3.05) is 13.7 Å². The Morgan fingerprint density at radius 3 is 2.50 bits per heavy atom. The number of hydrogen-bond donors (Lipinski definition) is 2. The molecule has 2 N–H and O–H groups in total. The molecule has 0 radical (unpaired) electrons. The second kappa shape index (κ2) is 8.57. The van der Waals surface area contributed by atoms with Gasteiger partial charge >= 0.3 is 6.09 Å². The van der Waals surface area contributed by atoms with E-state index in [1.54, 1.807) is 27.9 Å². The highest BCUT2D eigenvalue weighted by Crippen LogP contribution is 2.26. The molecule has 0 aromatic heterocycles. The second-order valence-electron chi connectivity index (χ2n) is 6.71. The maximum atomic E-state index is 12.0. The van der Waals surface area contributed by atoms with Crippen LogP contribution in [0.1, 0.15) is 51.3 Å². The fourth-order valence-corrected chi connectivity index (χ4v) is 2.18. The van der Waals surface area contributed by atoms with Crippen molar-refractivity contribution in [1.29, 1.82) is 0 Å². The first kappa shape index (κ1) is 19.8. The maximum absolute atomic E-state index is 12.0. The van der Waals surface area contributed by atoms with Crippen LogP contribution in [0, 0.1) is 6.92 Å². The highest BCUT2D eigenvalue weighted by molar-refractivity contribution is 5.77. The summed E-state index contributed by atoms with van der Waals surface area (Å²) in [7, 11) is 1.60. The molecule has 0 aliphatic heterocycles. The van der Waals surface area contributed by atoms with Gasteiger partial charge in [-0.25, -0.2) is 4.79 Å². The zero-order chi connectivity index (χ0) is 18.3. The molecule has 1 rings (SSSR count). The molecule has 0 spiro atoms. The molecule has 6 heteroatoms. The van der Waals surface area contributed by atoms with E-state index >= 15 is 0 Å². The number of amides is 2. The second-order valence-corrected chi connectivity index (χ2v) is 6.71. The molecule has 0 aliphatic rings. The molecule has 0 unspecified atom stereocenters. The number of methoxy groups -OCH3 is 1. The Kier molecular flexibility index (Phi) is 7.07. The molecule has 1 atom stereocenters.